The van der Waals surface area contributed by atoms with Crippen LogP contribution >= 0.6 is 11.6 Å². The molecule has 0 aliphatic carbocycles. The van der Waals surface area contributed by atoms with Gasteiger partial charge in [0.2, 0.25) is 12.5 Å². The predicted octanol–water partition coefficient (Wildman–Crippen LogP) is 4.31. The zero-order chi connectivity index (χ0) is 19.4. The third-order valence-electron chi connectivity index (χ3n) is 5.68. The first-order valence-electron chi connectivity index (χ1n) is 9.39. The van der Waals surface area contributed by atoms with Gasteiger partial charge in [0.15, 0.2) is 29.5 Å². The smallest absolute Gasteiger partial charge is 0.287 e. The molecule has 3 aromatic rings. The molecule has 28 heavy (non-hydrogen) atoms. The number of hydrogen-bond donors (Lipinski definition) is 0. The Hall–Kier alpha value is -2.66. The Morgan fingerprint density at radius 1 is 1.11 bits per heavy atom. The lowest BCUT2D eigenvalue weighted by Gasteiger charge is -2.21. The SMILES string of the molecule is CCc1c2[n+](c(Cl)c3c(OC)c(OC)ccc13)CCc1cc3c(cc1-2)OCO3. The highest BCUT2D eigenvalue weighted by Gasteiger charge is 2.34. The van der Waals surface area contributed by atoms with Crippen molar-refractivity contribution >= 4 is 22.4 Å². The van der Waals surface area contributed by atoms with Crippen LogP contribution in [-0.2, 0) is 19.4 Å². The van der Waals surface area contributed by atoms with Crippen LogP contribution in [0.2, 0.25) is 5.15 Å². The van der Waals surface area contributed by atoms with Crippen LogP contribution in [0, 0.1) is 0 Å². The van der Waals surface area contributed by atoms with E-state index in [2.05, 4.69) is 29.7 Å². The first-order chi connectivity index (χ1) is 13.7. The van der Waals surface area contributed by atoms with Crippen LogP contribution in [0.3, 0.4) is 0 Å². The van der Waals surface area contributed by atoms with Crippen LogP contribution in [0.4, 0.5) is 0 Å². The quantitative estimate of drug-likeness (QED) is 0.487. The van der Waals surface area contributed by atoms with Crippen molar-refractivity contribution in [2.24, 2.45) is 0 Å². The summed E-state index contributed by atoms with van der Waals surface area (Å²) in [7, 11) is 3.29. The number of benzene rings is 2. The predicted molar refractivity (Wildman–Crippen MR) is 107 cm³/mol. The van der Waals surface area contributed by atoms with E-state index in [0.29, 0.717) is 16.7 Å². The fraction of sp³-hybridized carbons (Fsp3) is 0.318. The minimum Gasteiger partial charge on any atom is -0.493 e. The molecule has 2 aliphatic rings. The summed E-state index contributed by atoms with van der Waals surface area (Å²) in [4.78, 5) is 0. The summed E-state index contributed by atoms with van der Waals surface area (Å²) >= 11 is 6.96. The molecule has 5 nitrogen and oxygen atoms in total. The molecule has 0 N–H and O–H groups in total. The van der Waals surface area contributed by atoms with E-state index in [1.54, 1.807) is 14.2 Å². The van der Waals surface area contributed by atoms with E-state index in [9.17, 15) is 0 Å². The molecule has 6 heteroatoms. The van der Waals surface area contributed by atoms with Crippen molar-refractivity contribution in [2.45, 2.75) is 26.3 Å². The molecule has 144 valence electrons. The number of aryl methyl sites for hydroxylation is 2. The summed E-state index contributed by atoms with van der Waals surface area (Å²) < 4.78 is 24.6. The highest BCUT2D eigenvalue weighted by Crippen LogP contribution is 2.45. The molecule has 2 aromatic carbocycles. The fourth-order valence-electron chi connectivity index (χ4n) is 4.43. The summed E-state index contributed by atoms with van der Waals surface area (Å²) in [6, 6.07) is 8.21. The van der Waals surface area contributed by atoms with Crippen molar-refractivity contribution in [2.75, 3.05) is 21.0 Å². The number of aromatic nitrogens is 1. The molecular formula is C22H21ClNO4+. The number of hydrogen-bond acceptors (Lipinski definition) is 4. The second-order valence-electron chi connectivity index (χ2n) is 6.96. The Kier molecular flexibility index (Phi) is 4.02. The van der Waals surface area contributed by atoms with Gasteiger partial charge in [0.05, 0.1) is 19.8 Å². The van der Waals surface area contributed by atoms with Gasteiger partial charge in [0, 0.05) is 17.4 Å². The number of halogens is 1. The Bertz CT molecular complexity index is 1130. The van der Waals surface area contributed by atoms with Crippen LogP contribution in [0.25, 0.3) is 22.0 Å². The standard InChI is InChI=1S/C22H21ClNO4/c1-4-13-14-5-6-16(25-2)21(26-3)19(14)22(23)24-8-7-12-9-17-18(28-11-27-17)10-15(12)20(13)24/h5-6,9-10H,4,7-8,11H2,1-3H3/q+1. The highest BCUT2D eigenvalue weighted by atomic mass is 35.5. The van der Waals surface area contributed by atoms with Crippen molar-refractivity contribution < 1.29 is 23.5 Å². The lowest BCUT2D eigenvalue weighted by atomic mass is 9.90. The number of methoxy groups -OCH3 is 2. The van der Waals surface area contributed by atoms with Gasteiger partial charge in [0.25, 0.3) is 5.15 Å². The van der Waals surface area contributed by atoms with Gasteiger partial charge >= 0.3 is 0 Å². The molecule has 2 aliphatic heterocycles. The summed E-state index contributed by atoms with van der Waals surface area (Å²) in [6.07, 6.45) is 1.75. The molecule has 0 unspecified atom stereocenters. The van der Waals surface area contributed by atoms with Gasteiger partial charge in [-0.3, -0.25) is 0 Å². The van der Waals surface area contributed by atoms with Crippen LogP contribution in [0.5, 0.6) is 23.0 Å². The topological polar surface area (TPSA) is 40.8 Å². The second kappa shape index (κ2) is 6.45. The van der Waals surface area contributed by atoms with Crippen molar-refractivity contribution in [3.63, 3.8) is 0 Å². The van der Waals surface area contributed by atoms with E-state index < -0.39 is 0 Å². The van der Waals surface area contributed by atoms with Crippen molar-refractivity contribution in [3.8, 4) is 34.3 Å². The molecule has 0 amide bonds. The van der Waals surface area contributed by atoms with Gasteiger partial charge in [-0.1, -0.05) is 6.92 Å². The second-order valence-corrected chi connectivity index (χ2v) is 7.32. The lowest BCUT2D eigenvalue weighted by Crippen LogP contribution is -2.42. The average Bonchev–Trinajstić information content (AvgIpc) is 3.18. The van der Waals surface area contributed by atoms with Crippen LogP contribution in [0.15, 0.2) is 24.3 Å². The summed E-state index contributed by atoms with van der Waals surface area (Å²) in [5.41, 5.74) is 4.80. The molecule has 0 fully saturated rings. The molecule has 0 saturated heterocycles. The Morgan fingerprint density at radius 3 is 2.61 bits per heavy atom. The normalized spacial score (nSPS) is 14.0. The third kappa shape index (κ3) is 2.29. The van der Waals surface area contributed by atoms with Crippen LogP contribution < -0.4 is 23.5 Å². The summed E-state index contributed by atoms with van der Waals surface area (Å²) in [5, 5.41) is 2.65. The lowest BCUT2D eigenvalue weighted by molar-refractivity contribution is -0.684. The molecule has 3 heterocycles. The number of fused-ring (bicyclic) bond motifs is 5. The summed E-state index contributed by atoms with van der Waals surface area (Å²) in [6.45, 7) is 3.24. The van der Waals surface area contributed by atoms with Gasteiger partial charge in [0.1, 0.15) is 5.39 Å². The van der Waals surface area contributed by atoms with Gasteiger partial charge in [-0.15, -0.1) is 0 Å². The molecule has 0 atom stereocenters. The zero-order valence-corrected chi connectivity index (χ0v) is 16.9. The van der Waals surface area contributed by atoms with Crippen molar-refractivity contribution in [1.29, 1.82) is 0 Å². The van der Waals surface area contributed by atoms with Gasteiger partial charge in [-0.25, -0.2) is 0 Å². The zero-order valence-electron chi connectivity index (χ0n) is 16.1. The largest absolute Gasteiger partial charge is 0.493 e. The maximum absolute atomic E-state index is 6.96. The summed E-state index contributed by atoms with van der Waals surface area (Å²) in [5.74, 6) is 2.96. The van der Waals surface area contributed by atoms with Crippen molar-refractivity contribution in [3.05, 3.63) is 40.5 Å². The van der Waals surface area contributed by atoms with Gasteiger partial charge in [-0.2, -0.15) is 4.57 Å². The molecule has 5 rings (SSSR count). The fourth-order valence-corrected chi connectivity index (χ4v) is 4.78. The van der Waals surface area contributed by atoms with E-state index >= 15 is 0 Å². The van der Waals surface area contributed by atoms with Gasteiger partial charge < -0.3 is 18.9 Å². The first kappa shape index (κ1) is 17.4. The molecule has 0 bridgehead atoms. The molecular weight excluding hydrogens is 378 g/mol. The van der Waals surface area contributed by atoms with E-state index in [0.717, 1.165) is 52.9 Å². The van der Waals surface area contributed by atoms with Crippen molar-refractivity contribution in [1.82, 2.24) is 0 Å². The van der Waals surface area contributed by atoms with E-state index in [1.807, 2.05) is 6.07 Å². The molecule has 0 saturated carbocycles. The maximum Gasteiger partial charge on any atom is 0.287 e. The molecule has 0 radical (unpaired) electrons. The molecule has 1 aromatic heterocycles. The number of pyridine rings is 1. The minimum absolute atomic E-state index is 0.272. The van der Waals surface area contributed by atoms with E-state index in [-0.39, 0.29) is 6.79 Å². The maximum atomic E-state index is 6.96. The monoisotopic (exact) mass is 398 g/mol. The van der Waals surface area contributed by atoms with Gasteiger partial charge in [-0.05, 0) is 47.9 Å². The first-order valence-corrected chi connectivity index (χ1v) is 9.77. The molecule has 0 spiro atoms. The van der Waals surface area contributed by atoms with Crippen LogP contribution in [0.1, 0.15) is 18.1 Å². The Labute approximate surface area is 168 Å². The van der Waals surface area contributed by atoms with E-state index in [1.165, 1.54) is 11.1 Å². The van der Waals surface area contributed by atoms with E-state index in [4.69, 9.17) is 30.5 Å². The highest BCUT2D eigenvalue weighted by molar-refractivity contribution is 6.34. The third-order valence-corrected chi connectivity index (χ3v) is 6.07. The van der Waals surface area contributed by atoms with Crippen LogP contribution in [-0.4, -0.2) is 21.0 Å². The number of rotatable bonds is 3. The Balaban J connectivity index is 1.89. The average molecular weight is 399 g/mol. The number of nitrogens with zero attached hydrogens (tertiary/aromatic N) is 1. The Morgan fingerprint density at radius 2 is 1.89 bits per heavy atom. The minimum atomic E-state index is 0.272. The number of ether oxygens (including phenoxy) is 4.